The first kappa shape index (κ1) is 23.3. The lowest BCUT2D eigenvalue weighted by Crippen LogP contribution is -2.23. The summed E-state index contributed by atoms with van der Waals surface area (Å²) in [5, 5.41) is 9.52. The largest absolute Gasteiger partial charge is 0.462 e. The molecule has 0 unspecified atom stereocenters. The molecule has 2 rings (SSSR count). The molecule has 2 N–H and O–H groups in total. The lowest BCUT2D eigenvalue weighted by molar-refractivity contribution is -0.125. The Bertz CT molecular complexity index is 995. The molecule has 1 amide bonds. The van der Waals surface area contributed by atoms with Crippen LogP contribution in [-0.4, -0.2) is 49.2 Å². The van der Waals surface area contributed by atoms with Gasteiger partial charge in [0.05, 0.1) is 23.5 Å². The molecule has 1 heterocycles. The Labute approximate surface area is 182 Å². The smallest absolute Gasteiger partial charge is 0.348 e. The molecule has 10 heteroatoms. The van der Waals surface area contributed by atoms with Crippen LogP contribution >= 0.6 is 23.1 Å². The number of thiophene rings is 1. The molecule has 2 aromatic rings. The molecule has 0 fully saturated rings. The van der Waals surface area contributed by atoms with Gasteiger partial charge in [-0.1, -0.05) is 12.1 Å². The molecular formula is C20H21N3O5S2. The number of hydrogen-bond acceptors (Lipinski definition) is 9. The zero-order valence-electron chi connectivity index (χ0n) is 16.8. The summed E-state index contributed by atoms with van der Waals surface area (Å²) in [6.45, 7) is 1.52. The summed E-state index contributed by atoms with van der Waals surface area (Å²) >= 11 is 2.14. The predicted octanol–water partition coefficient (Wildman–Crippen LogP) is 2.92. The number of nitrogens with two attached hydrogens (primary N) is 1. The first-order chi connectivity index (χ1) is 14.3. The number of ether oxygens (including phenoxy) is 2. The number of rotatable bonds is 8. The number of nitriles is 1. The number of hydrogen-bond donors (Lipinski definition) is 1. The van der Waals surface area contributed by atoms with Gasteiger partial charge in [-0.3, -0.25) is 4.79 Å². The zero-order chi connectivity index (χ0) is 22.3. The maximum atomic E-state index is 12.7. The maximum absolute atomic E-state index is 12.7. The molecule has 0 saturated carbocycles. The highest BCUT2D eigenvalue weighted by Crippen LogP contribution is 2.32. The van der Waals surface area contributed by atoms with Crippen molar-refractivity contribution in [3.05, 3.63) is 45.8 Å². The van der Waals surface area contributed by atoms with Gasteiger partial charge in [0.15, 0.2) is 0 Å². The van der Waals surface area contributed by atoms with Gasteiger partial charge in [-0.2, -0.15) is 5.26 Å². The van der Waals surface area contributed by atoms with Crippen LogP contribution < -0.4 is 5.73 Å². The fourth-order valence-corrected chi connectivity index (χ4v) is 4.29. The minimum absolute atomic E-state index is 0.0883. The monoisotopic (exact) mass is 447 g/mol. The van der Waals surface area contributed by atoms with Crippen LogP contribution in [-0.2, 0) is 20.9 Å². The van der Waals surface area contributed by atoms with Crippen molar-refractivity contribution in [3.8, 4) is 6.07 Å². The predicted molar refractivity (Wildman–Crippen MR) is 114 cm³/mol. The standard InChI is InChI=1S/C20H21N3O5S2/c1-4-27-20(26)17-14(13(9-21)18(22)30-17)10-28-19(25)12-7-5-6-8-15(12)29-11-16(24)23(2)3/h5-8H,4,10-11,22H2,1-3H3. The van der Waals surface area contributed by atoms with Gasteiger partial charge in [-0.05, 0) is 19.1 Å². The number of nitrogens with zero attached hydrogens (tertiary/aromatic N) is 2. The van der Waals surface area contributed by atoms with E-state index in [2.05, 4.69) is 0 Å². The SMILES string of the molecule is CCOC(=O)c1sc(N)c(C#N)c1COC(=O)c1ccccc1SCC(=O)N(C)C. The number of nitrogen functional groups attached to an aromatic ring is 1. The van der Waals surface area contributed by atoms with Crippen molar-refractivity contribution in [2.45, 2.75) is 18.4 Å². The summed E-state index contributed by atoms with van der Waals surface area (Å²) < 4.78 is 10.4. The third-order valence-electron chi connectivity index (χ3n) is 3.91. The van der Waals surface area contributed by atoms with E-state index in [-0.39, 0.29) is 51.4 Å². The molecule has 0 spiro atoms. The second-order valence-electron chi connectivity index (χ2n) is 6.13. The third kappa shape index (κ3) is 5.52. The molecule has 0 aliphatic rings. The minimum Gasteiger partial charge on any atom is -0.462 e. The van der Waals surface area contributed by atoms with Crippen molar-refractivity contribution in [2.24, 2.45) is 0 Å². The molecule has 0 radical (unpaired) electrons. The second-order valence-corrected chi connectivity index (χ2v) is 8.20. The van der Waals surface area contributed by atoms with Crippen molar-refractivity contribution >= 4 is 45.9 Å². The summed E-state index contributed by atoms with van der Waals surface area (Å²) in [5.74, 6) is -1.18. The fraction of sp³-hybridized carbons (Fsp3) is 0.300. The Hall–Kier alpha value is -3.03. The quantitative estimate of drug-likeness (QED) is 0.484. The molecule has 0 saturated heterocycles. The van der Waals surface area contributed by atoms with Gasteiger partial charge in [0.2, 0.25) is 5.91 Å². The molecule has 0 aliphatic carbocycles. The lowest BCUT2D eigenvalue weighted by Gasteiger charge is -2.12. The van der Waals surface area contributed by atoms with E-state index in [0.717, 1.165) is 11.3 Å². The van der Waals surface area contributed by atoms with Crippen LogP contribution in [0.25, 0.3) is 0 Å². The van der Waals surface area contributed by atoms with Crippen LogP contribution in [0.3, 0.4) is 0 Å². The average Bonchev–Trinajstić information content (AvgIpc) is 3.05. The zero-order valence-corrected chi connectivity index (χ0v) is 18.4. The van der Waals surface area contributed by atoms with Gasteiger partial charge in [-0.15, -0.1) is 23.1 Å². The highest BCUT2D eigenvalue weighted by atomic mass is 32.2. The molecular weight excluding hydrogens is 426 g/mol. The van der Waals surface area contributed by atoms with Gasteiger partial charge in [0.1, 0.15) is 22.6 Å². The number of esters is 2. The summed E-state index contributed by atoms with van der Waals surface area (Å²) in [4.78, 5) is 38.9. The number of carbonyl (C=O) groups is 3. The second kappa shape index (κ2) is 10.7. The Morgan fingerprint density at radius 3 is 2.53 bits per heavy atom. The van der Waals surface area contributed by atoms with Crippen molar-refractivity contribution in [1.29, 1.82) is 5.26 Å². The van der Waals surface area contributed by atoms with E-state index < -0.39 is 11.9 Å². The average molecular weight is 448 g/mol. The maximum Gasteiger partial charge on any atom is 0.348 e. The number of anilines is 1. The highest BCUT2D eigenvalue weighted by molar-refractivity contribution is 8.00. The van der Waals surface area contributed by atoms with Gasteiger partial charge in [-0.25, -0.2) is 9.59 Å². The van der Waals surface area contributed by atoms with Gasteiger partial charge in [0.25, 0.3) is 0 Å². The topological polar surface area (TPSA) is 123 Å². The van der Waals surface area contributed by atoms with Crippen molar-refractivity contribution in [3.63, 3.8) is 0 Å². The lowest BCUT2D eigenvalue weighted by atomic mass is 10.1. The summed E-state index contributed by atoms with van der Waals surface area (Å²) in [6.07, 6.45) is 0. The van der Waals surface area contributed by atoms with Crippen LogP contribution in [0.4, 0.5) is 5.00 Å². The fourth-order valence-electron chi connectivity index (χ4n) is 2.35. The number of thioether (sulfide) groups is 1. The number of amides is 1. The van der Waals surface area contributed by atoms with Crippen LogP contribution in [0.5, 0.6) is 0 Å². The number of carbonyl (C=O) groups excluding carboxylic acids is 3. The Balaban J connectivity index is 2.20. The Morgan fingerprint density at radius 1 is 1.20 bits per heavy atom. The minimum atomic E-state index is -0.640. The summed E-state index contributed by atoms with van der Waals surface area (Å²) in [7, 11) is 3.31. The first-order valence-corrected chi connectivity index (χ1v) is 10.7. The van der Waals surface area contributed by atoms with Crippen molar-refractivity contribution in [2.75, 3.05) is 32.2 Å². The van der Waals surface area contributed by atoms with E-state index >= 15 is 0 Å². The highest BCUT2D eigenvalue weighted by Gasteiger charge is 2.24. The molecule has 158 valence electrons. The molecule has 1 aromatic heterocycles. The van der Waals surface area contributed by atoms with Crippen molar-refractivity contribution < 1.29 is 23.9 Å². The van der Waals surface area contributed by atoms with E-state index in [9.17, 15) is 19.6 Å². The molecule has 0 bridgehead atoms. The van der Waals surface area contributed by atoms with Gasteiger partial charge < -0.3 is 20.1 Å². The van der Waals surface area contributed by atoms with E-state index in [1.54, 1.807) is 45.3 Å². The Morgan fingerprint density at radius 2 is 1.90 bits per heavy atom. The molecule has 1 aromatic carbocycles. The first-order valence-electron chi connectivity index (χ1n) is 8.87. The molecule has 0 aliphatic heterocycles. The van der Waals surface area contributed by atoms with E-state index in [4.69, 9.17) is 15.2 Å². The third-order valence-corrected chi connectivity index (χ3v) is 6.01. The normalized spacial score (nSPS) is 10.2. The van der Waals surface area contributed by atoms with Crippen LogP contribution in [0, 0.1) is 11.3 Å². The van der Waals surface area contributed by atoms with E-state index in [0.29, 0.717) is 4.90 Å². The molecule has 8 nitrogen and oxygen atoms in total. The van der Waals surface area contributed by atoms with E-state index in [1.807, 2.05) is 6.07 Å². The van der Waals surface area contributed by atoms with Gasteiger partial charge >= 0.3 is 11.9 Å². The van der Waals surface area contributed by atoms with Crippen molar-refractivity contribution in [1.82, 2.24) is 4.90 Å². The summed E-state index contributed by atoms with van der Waals surface area (Å²) in [6, 6.07) is 8.68. The van der Waals surface area contributed by atoms with Gasteiger partial charge in [0, 0.05) is 24.6 Å². The number of benzene rings is 1. The molecule has 0 atom stereocenters. The van der Waals surface area contributed by atoms with Crippen LogP contribution in [0.15, 0.2) is 29.2 Å². The Kier molecular flexibility index (Phi) is 8.26. The van der Waals surface area contributed by atoms with Crippen LogP contribution in [0.1, 0.15) is 38.1 Å². The summed E-state index contributed by atoms with van der Waals surface area (Å²) in [5.41, 5.74) is 6.43. The van der Waals surface area contributed by atoms with Crippen LogP contribution in [0.2, 0.25) is 0 Å². The van der Waals surface area contributed by atoms with E-state index in [1.165, 1.54) is 16.7 Å². The molecule has 30 heavy (non-hydrogen) atoms.